The Bertz CT molecular complexity index is 243. The Morgan fingerprint density at radius 3 is 2.58 bits per heavy atom. The Morgan fingerprint density at radius 1 is 1.58 bits per heavy atom. The lowest BCUT2D eigenvalue weighted by Crippen LogP contribution is -2.00. The molecule has 0 radical (unpaired) electrons. The van der Waals surface area contributed by atoms with Gasteiger partial charge in [0, 0.05) is 6.08 Å². The summed E-state index contributed by atoms with van der Waals surface area (Å²) in [4.78, 5) is 10.7. The minimum Gasteiger partial charge on any atom is -0.463 e. The summed E-state index contributed by atoms with van der Waals surface area (Å²) in [5, 5.41) is 16.6. The molecule has 0 rings (SSSR count). The maximum absolute atomic E-state index is 10.7. The Hall–Kier alpha value is -1.81. The molecule has 0 saturated heterocycles. The van der Waals surface area contributed by atoms with Crippen LogP contribution in [0.15, 0.2) is 12.2 Å². The SMILES string of the molecule is CCOC(=O)/C=C/C(C#N)C#N. The first kappa shape index (κ1) is 10.2. The van der Waals surface area contributed by atoms with Crippen LogP contribution in [0.25, 0.3) is 0 Å². The van der Waals surface area contributed by atoms with Gasteiger partial charge in [-0.15, -0.1) is 0 Å². The number of nitriles is 2. The second-order valence-electron chi connectivity index (χ2n) is 1.85. The van der Waals surface area contributed by atoms with Crippen LogP contribution in [0.3, 0.4) is 0 Å². The van der Waals surface area contributed by atoms with Gasteiger partial charge in [-0.1, -0.05) is 0 Å². The smallest absolute Gasteiger partial charge is 0.330 e. The Morgan fingerprint density at radius 2 is 2.17 bits per heavy atom. The predicted molar refractivity (Wildman–Crippen MR) is 40.5 cm³/mol. The third kappa shape index (κ3) is 4.08. The summed E-state index contributed by atoms with van der Waals surface area (Å²) >= 11 is 0. The first-order chi connectivity index (χ1) is 5.74. The van der Waals surface area contributed by atoms with Crippen molar-refractivity contribution in [3.05, 3.63) is 12.2 Å². The molecular formula is C8H8N2O2. The minimum absolute atomic E-state index is 0.285. The Kier molecular flexibility index (Phi) is 5.04. The maximum Gasteiger partial charge on any atom is 0.330 e. The molecule has 0 aromatic carbocycles. The maximum atomic E-state index is 10.7. The molecule has 0 spiro atoms. The highest BCUT2D eigenvalue weighted by Gasteiger charge is 2.00. The van der Waals surface area contributed by atoms with Gasteiger partial charge >= 0.3 is 5.97 Å². The molecule has 0 atom stereocenters. The van der Waals surface area contributed by atoms with Gasteiger partial charge in [-0.05, 0) is 13.0 Å². The number of hydrogen-bond donors (Lipinski definition) is 0. The van der Waals surface area contributed by atoms with Crippen molar-refractivity contribution in [2.45, 2.75) is 6.92 Å². The number of esters is 1. The fourth-order valence-corrected chi connectivity index (χ4v) is 0.480. The molecule has 0 aliphatic rings. The van der Waals surface area contributed by atoms with E-state index in [0.29, 0.717) is 0 Å². The van der Waals surface area contributed by atoms with E-state index in [1.54, 1.807) is 19.1 Å². The predicted octanol–water partition coefficient (Wildman–Crippen LogP) is 0.769. The lowest BCUT2D eigenvalue weighted by Gasteiger charge is -1.93. The summed E-state index contributed by atoms with van der Waals surface area (Å²) in [5.41, 5.74) is 0. The number of carbonyl (C=O) groups excluding carboxylic acids is 1. The van der Waals surface area contributed by atoms with Crippen LogP contribution in [-0.2, 0) is 9.53 Å². The lowest BCUT2D eigenvalue weighted by molar-refractivity contribution is -0.137. The lowest BCUT2D eigenvalue weighted by atomic mass is 10.2. The standard InChI is InChI=1S/C8H8N2O2/c1-2-12-8(11)4-3-7(5-9)6-10/h3-4,7H,2H2,1H3/b4-3+. The first-order valence-corrected chi connectivity index (χ1v) is 3.38. The molecular weight excluding hydrogens is 156 g/mol. The van der Waals surface area contributed by atoms with Gasteiger partial charge in [0.25, 0.3) is 0 Å². The van der Waals surface area contributed by atoms with E-state index in [2.05, 4.69) is 4.74 Å². The average Bonchev–Trinajstić information content (AvgIpc) is 2.07. The van der Waals surface area contributed by atoms with E-state index in [0.717, 1.165) is 6.08 Å². The van der Waals surface area contributed by atoms with Gasteiger partial charge in [0.15, 0.2) is 5.92 Å². The number of nitrogens with zero attached hydrogens (tertiary/aromatic N) is 2. The van der Waals surface area contributed by atoms with Gasteiger partial charge in [0.1, 0.15) is 0 Å². The van der Waals surface area contributed by atoms with Crippen molar-refractivity contribution in [3.63, 3.8) is 0 Å². The van der Waals surface area contributed by atoms with Crippen LogP contribution in [0.2, 0.25) is 0 Å². The number of carbonyl (C=O) groups is 1. The fourth-order valence-electron chi connectivity index (χ4n) is 0.480. The van der Waals surface area contributed by atoms with Crippen LogP contribution in [0.4, 0.5) is 0 Å². The van der Waals surface area contributed by atoms with Gasteiger partial charge in [0.05, 0.1) is 18.7 Å². The van der Waals surface area contributed by atoms with Gasteiger partial charge in [-0.25, -0.2) is 4.79 Å². The van der Waals surface area contributed by atoms with Crippen LogP contribution in [0.1, 0.15) is 6.92 Å². The Labute approximate surface area is 70.7 Å². The van der Waals surface area contributed by atoms with E-state index in [-0.39, 0.29) is 6.61 Å². The summed E-state index contributed by atoms with van der Waals surface area (Å²) in [7, 11) is 0. The van der Waals surface area contributed by atoms with Crippen LogP contribution in [0.5, 0.6) is 0 Å². The summed E-state index contributed by atoms with van der Waals surface area (Å²) in [6, 6.07) is 3.39. The van der Waals surface area contributed by atoms with Crippen molar-refractivity contribution in [2.24, 2.45) is 5.92 Å². The summed E-state index contributed by atoms with van der Waals surface area (Å²) in [5.74, 6) is -1.41. The largest absolute Gasteiger partial charge is 0.463 e. The van der Waals surface area contributed by atoms with Gasteiger partial charge < -0.3 is 4.74 Å². The van der Waals surface area contributed by atoms with Crippen LogP contribution >= 0.6 is 0 Å². The molecule has 0 aromatic heterocycles. The molecule has 62 valence electrons. The molecule has 0 bridgehead atoms. The first-order valence-electron chi connectivity index (χ1n) is 3.38. The molecule has 0 unspecified atom stereocenters. The van der Waals surface area contributed by atoms with Gasteiger partial charge in [0.2, 0.25) is 0 Å². The third-order valence-electron chi connectivity index (χ3n) is 0.990. The molecule has 0 fully saturated rings. The quantitative estimate of drug-likeness (QED) is 0.456. The normalized spacial score (nSPS) is 9.33. The van der Waals surface area contributed by atoms with E-state index in [1.807, 2.05) is 0 Å². The molecule has 0 amide bonds. The monoisotopic (exact) mass is 164 g/mol. The number of ether oxygens (including phenoxy) is 1. The van der Waals surface area contributed by atoms with Gasteiger partial charge in [-0.2, -0.15) is 10.5 Å². The molecule has 0 saturated carbocycles. The van der Waals surface area contributed by atoms with Gasteiger partial charge in [-0.3, -0.25) is 0 Å². The third-order valence-corrected chi connectivity index (χ3v) is 0.990. The number of rotatable bonds is 3. The fraction of sp³-hybridized carbons (Fsp3) is 0.375. The van der Waals surface area contributed by atoms with E-state index >= 15 is 0 Å². The van der Waals surface area contributed by atoms with Crippen LogP contribution in [0, 0.1) is 28.6 Å². The van der Waals surface area contributed by atoms with Crippen LogP contribution < -0.4 is 0 Å². The second-order valence-corrected chi connectivity index (χ2v) is 1.85. The van der Waals surface area contributed by atoms with Crippen molar-refractivity contribution in [3.8, 4) is 12.1 Å². The summed E-state index contributed by atoms with van der Waals surface area (Å²) in [6.07, 6.45) is 2.29. The number of allylic oxidation sites excluding steroid dienone is 1. The highest BCUT2D eigenvalue weighted by Crippen LogP contribution is 1.94. The van der Waals surface area contributed by atoms with Crippen molar-refractivity contribution < 1.29 is 9.53 Å². The molecule has 0 aliphatic carbocycles. The molecule has 12 heavy (non-hydrogen) atoms. The molecule has 0 heterocycles. The molecule has 0 N–H and O–H groups in total. The molecule has 4 nitrogen and oxygen atoms in total. The summed E-state index contributed by atoms with van der Waals surface area (Å²) in [6.45, 7) is 1.96. The average molecular weight is 164 g/mol. The zero-order chi connectivity index (χ0) is 9.40. The minimum atomic E-state index is -0.880. The van der Waals surface area contributed by atoms with E-state index in [4.69, 9.17) is 10.5 Å². The van der Waals surface area contributed by atoms with E-state index < -0.39 is 11.9 Å². The molecule has 0 aliphatic heterocycles. The van der Waals surface area contributed by atoms with E-state index in [9.17, 15) is 4.79 Å². The summed E-state index contributed by atoms with van der Waals surface area (Å²) < 4.78 is 4.54. The van der Waals surface area contributed by atoms with Crippen LogP contribution in [-0.4, -0.2) is 12.6 Å². The van der Waals surface area contributed by atoms with Crippen molar-refractivity contribution in [1.82, 2.24) is 0 Å². The molecule has 0 aromatic rings. The highest BCUT2D eigenvalue weighted by molar-refractivity contribution is 5.82. The zero-order valence-electron chi connectivity index (χ0n) is 6.65. The van der Waals surface area contributed by atoms with Crippen molar-refractivity contribution in [1.29, 1.82) is 10.5 Å². The zero-order valence-corrected chi connectivity index (χ0v) is 6.65. The van der Waals surface area contributed by atoms with Crippen molar-refractivity contribution in [2.75, 3.05) is 6.61 Å². The second kappa shape index (κ2) is 5.94. The molecule has 4 heteroatoms. The van der Waals surface area contributed by atoms with Crippen molar-refractivity contribution >= 4 is 5.97 Å². The Balaban J connectivity index is 4.00. The van der Waals surface area contributed by atoms with E-state index in [1.165, 1.54) is 6.08 Å². The topological polar surface area (TPSA) is 73.9 Å². The highest BCUT2D eigenvalue weighted by atomic mass is 16.5. The number of hydrogen-bond acceptors (Lipinski definition) is 4.